The zero-order valence-electron chi connectivity index (χ0n) is 10.7. The van der Waals surface area contributed by atoms with Gasteiger partial charge in [0.25, 0.3) is 0 Å². The van der Waals surface area contributed by atoms with Gasteiger partial charge in [0, 0.05) is 19.6 Å². The molecule has 2 rings (SSSR count). The molecule has 2 aliphatic rings. The van der Waals surface area contributed by atoms with E-state index in [1.807, 2.05) is 0 Å². The Hall–Kier alpha value is -0.610. The van der Waals surface area contributed by atoms with E-state index in [4.69, 9.17) is 5.73 Å². The minimum Gasteiger partial charge on any atom is -0.342 e. The highest BCUT2D eigenvalue weighted by Gasteiger charge is 2.29. The van der Waals surface area contributed by atoms with Crippen LogP contribution >= 0.6 is 0 Å². The van der Waals surface area contributed by atoms with Crippen LogP contribution in [0.1, 0.15) is 32.1 Å². The molecule has 0 saturated carbocycles. The highest BCUT2D eigenvalue weighted by atomic mass is 16.2. The summed E-state index contributed by atoms with van der Waals surface area (Å²) in [5, 5.41) is 0. The van der Waals surface area contributed by atoms with Gasteiger partial charge in [0.1, 0.15) is 0 Å². The molecular formula is C13H25N3O. The van der Waals surface area contributed by atoms with E-state index in [9.17, 15) is 4.79 Å². The van der Waals surface area contributed by atoms with Crippen LogP contribution in [-0.2, 0) is 4.79 Å². The van der Waals surface area contributed by atoms with Crippen molar-refractivity contribution in [2.45, 2.75) is 32.1 Å². The molecule has 2 aliphatic heterocycles. The normalized spacial score (nSPS) is 26.4. The summed E-state index contributed by atoms with van der Waals surface area (Å²) in [5.74, 6) is 0.652. The Kier molecular flexibility index (Phi) is 4.80. The number of piperidine rings is 1. The van der Waals surface area contributed by atoms with E-state index in [1.165, 1.54) is 12.8 Å². The summed E-state index contributed by atoms with van der Waals surface area (Å²) in [7, 11) is 0. The molecule has 0 aliphatic carbocycles. The summed E-state index contributed by atoms with van der Waals surface area (Å²) in [4.78, 5) is 16.8. The molecule has 0 aromatic carbocycles. The van der Waals surface area contributed by atoms with Crippen molar-refractivity contribution in [3.8, 4) is 0 Å². The van der Waals surface area contributed by atoms with Gasteiger partial charge in [0.05, 0.1) is 5.92 Å². The first kappa shape index (κ1) is 12.8. The highest BCUT2D eigenvalue weighted by Crippen LogP contribution is 2.21. The number of likely N-dealkylation sites (tertiary alicyclic amines) is 2. The van der Waals surface area contributed by atoms with Crippen LogP contribution in [0.3, 0.4) is 0 Å². The first-order valence-corrected chi connectivity index (χ1v) is 7.02. The maximum absolute atomic E-state index is 12.3. The van der Waals surface area contributed by atoms with Crippen molar-refractivity contribution in [2.24, 2.45) is 11.7 Å². The maximum Gasteiger partial charge on any atom is 0.226 e. The van der Waals surface area contributed by atoms with Crippen LogP contribution < -0.4 is 5.73 Å². The van der Waals surface area contributed by atoms with Crippen molar-refractivity contribution in [1.29, 1.82) is 0 Å². The van der Waals surface area contributed by atoms with Crippen molar-refractivity contribution in [3.05, 3.63) is 0 Å². The number of carbonyl (C=O) groups excluding carboxylic acids is 1. The fourth-order valence-electron chi connectivity index (χ4n) is 2.97. The molecule has 2 saturated heterocycles. The van der Waals surface area contributed by atoms with Gasteiger partial charge < -0.3 is 15.5 Å². The first-order chi connectivity index (χ1) is 8.31. The Balaban J connectivity index is 1.81. The number of nitrogens with zero attached hydrogens (tertiary/aromatic N) is 2. The molecule has 1 unspecified atom stereocenters. The van der Waals surface area contributed by atoms with E-state index in [0.717, 1.165) is 58.5 Å². The zero-order valence-corrected chi connectivity index (χ0v) is 10.7. The van der Waals surface area contributed by atoms with Gasteiger partial charge >= 0.3 is 0 Å². The number of carbonyl (C=O) groups is 1. The number of hydrogen-bond acceptors (Lipinski definition) is 3. The molecule has 2 heterocycles. The molecule has 98 valence electrons. The average molecular weight is 239 g/mol. The van der Waals surface area contributed by atoms with Crippen molar-refractivity contribution in [3.63, 3.8) is 0 Å². The van der Waals surface area contributed by atoms with Gasteiger partial charge in [-0.3, -0.25) is 4.79 Å². The van der Waals surface area contributed by atoms with Crippen molar-refractivity contribution in [2.75, 3.05) is 39.3 Å². The second kappa shape index (κ2) is 6.36. The minimum atomic E-state index is 0.250. The van der Waals surface area contributed by atoms with Gasteiger partial charge in [0.2, 0.25) is 5.91 Å². The SMILES string of the molecule is NCCCN1CCCC(C(=O)N2CCCC2)C1. The number of hydrogen-bond donors (Lipinski definition) is 1. The zero-order chi connectivity index (χ0) is 12.1. The lowest BCUT2D eigenvalue weighted by atomic mass is 9.96. The maximum atomic E-state index is 12.3. The van der Waals surface area contributed by atoms with E-state index in [2.05, 4.69) is 9.80 Å². The molecule has 4 nitrogen and oxygen atoms in total. The molecule has 1 atom stereocenters. The Bertz CT molecular complexity index is 251. The fourth-order valence-corrected chi connectivity index (χ4v) is 2.97. The number of rotatable bonds is 4. The van der Waals surface area contributed by atoms with Crippen LogP contribution in [0.2, 0.25) is 0 Å². The molecule has 0 bridgehead atoms. The monoisotopic (exact) mass is 239 g/mol. The number of amides is 1. The van der Waals surface area contributed by atoms with Crippen molar-refractivity contribution >= 4 is 5.91 Å². The molecule has 0 aromatic rings. The fraction of sp³-hybridized carbons (Fsp3) is 0.923. The lowest BCUT2D eigenvalue weighted by molar-refractivity contribution is -0.136. The first-order valence-electron chi connectivity index (χ1n) is 7.02. The third-order valence-corrected chi connectivity index (χ3v) is 3.95. The Labute approximate surface area is 104 Å². The third-order valence-electron chi connectivity index (χ3n) is 3.95. The summed E-state index contributed by atoms with van der Waals surface area (Å²) in [6.45, 7) is 5.87. The van der Waals surface area contributed by atoms with Crippen LogP contribution in [0.15, 0.2) is 0 Å². The summed E-state index contributed by atoms with van der Waals surface area (Å²) in [6.07, 6.45) is 5.67. The van der Waals surface area contributed by atoms with Crippen LogP contribution in [0.4, 0.5) is 0 Å². The van der Waals surface area contributed by atoms with Gasteiger partial charge in [-0.25, -0.2) is 0 Å². The summed E-state index contributed by atoms with van der Waals surface area (Å²) < 4.78 is 0. The molecule has 0 spiro atoms. The van der Waals surface area contributed by atoms with E-state index in [-0.39, 0.29) is 5.92 Å². The minimum absolute atomic E-state index is 0.250. The molecule has 2 N–H and O–H groups in total. The van der Waals surface area contributed by atoms with Crippen molar-refractivity contribution < 1.29 is 4.79 Å². The predicted octanol–water partition coefficient (Wildman–Crippen LogP) is 0.670. The summed E-state index contributed by atoms with van der Waals surface area (Å²) in [6, 6.07) is 0. The van der Waals surface area contributed by atoms with E-state index < -0.39 is 0 Å². The van der Waals surface area contributed by atoms with Crippen molar-refractivity contribution in [1.82, 2.24) is 9.80 Å². The van der Waals surface area contributed by atoms with Gasteiger partial charge in [-0.05, 0) is 51.7 Å². The van der Waals surface area contributed by atoms with Gasteiger partial charge in [0.15, 0.2) is 0 Å². The molecule has 0 aromatic heterocycles. The molecular weight excluding hydrogens is 214 g/mol. The Morgan fingerprint density at radius 2 is 1.94 bits per heavy atom. The van der Waals surface area contributed by atoms with E-state index >= 15 is 0 Å². The second-order valence-corrected chi connectivity index (χ2v) is 5.31. The van der Waals surface area contributed by atoms with Crippen LogP contribution in [0.5, 0.6) is 0 Å². The molecule has 1 amide bonds. The van der Waals surface area contributed by atoms with E-state index in [1.54, 1.807) is 0 Å². The summed E-state index contributed by atoms with van der Waals surface area (Å²) in [5.41, 5.74) is 5.54. The lowest BCUT2D eigenvalue weighted by Gasteiger charge is -2.33. The smallest absolute Gasteiger partial charge is 0.226 e. The standard InChI is InChI=1S/C13H25N3O/c14-6-4-8-15-7-3-5-12(11-15)13(17)16-9-1-2-10-16/h12H,1-11,14H2. The molecule has 17 heavy (non-hydrogen) atoms. The Morgan fingerprint density at radius 1 is 1.18 bits per heavy atom. The second-order valence-electron chi connectivity index (χ2n) is 5.31. The molecule has 0 radical (unpaired) electrons. The van der Waals surface area contributed by atoms with Gasteiger partial charge in [-0.15, -0.1) is 0 Å². The highest BCUT2D eigenvalue weighted by molar-refractivity contribution is 5.79. The van der Waals surface area contributed by atoms with E-state index in [0.29, 0.717) is 5.91 Å². The third kappa shape index (κ3) is 3.42. The van der Waals surface area contributed by atoms with Gasteiger partial charge in [-0.1, -0.05) is 0 Å². The largest absolute Gasteiger partial charge is 0.342 e. The van der Waals surface area contributed by atoms with Gasteiger partial charge in [-0.2, -0.15) is 0 Å². The number of nitrogens with two attached hydrogens (primary N) is 1. The molecule has 4 heteroatoms. The quantitative estimate of drug-likeness (QED) is 0.784. The average Bonchev–Trinajstić information content (AvgIpc) is 2.89. The predicted molar refractivity (Wildman–Crippen MR) is 68.6 cm³/mol. The van der Waals surface area contributed by atoms with Crippen LogP contribution in [-0.4, -0.2) is 55.0 Å². The summed E-state index contributed by atoms with van der Waals surface area (Å²) >= 11 is 0. The lowest BCUT2D eigenvalue weighted by Crippen LogP contribution is -2.44. The Morgan fingerprint density at radius 3 is 2.65 bits per heavy atom. The van der Waals surface area contributed by atoms with Crippen LogP contribution in [0.25, 0.3) is 0 Å². The van der Waals surface area contributed by atoms with Crippen LogP contribution in [0, 0.1) is 5.92 Å². The molecule has 2 fully saturated rings. The topological polar surface area (TPSA) is 49.6 Å².